The van der Waals surface area contributed by atoms with Gasteiger partial charge in [0.15, 0.2) is 11.6 Å². The zero-order valence-electron chi connectivity index (χ0n) is 14.0. The first-order chi connectivity index (χ1) is 11.6. The molecule has 6 heteroatoms. The number of aromatic amines is 1. The highest BCUT2D eigenvalue weighted by molar-refractivity contribution is 5.91. The number of pyridine rings is 1. The average Bonchev–Trinajstić information content (AvgIpc) is 3.24. The third-order valence-corrected chi connectivity index (χ3v) is 3.95. The predicted molar refractivity (Wildman–Crippen MR) is 94.0 cm³/mol. The molecular formula is C18H22N4O2. The SMILES string of the molecule is CN(C)c1ncccc1OC1CCN(C(=O)/C=C/c2ccc[nH]2)C1. The van der Waals surface area contributed by atoms with Gasteiger partial charge in [-0.2, -0.15) is 0 Å². The number of ether oxygens (including phenoxy) is 1. The van der Waals surface area contributed by atoms with Crippen LogP contribution in [0.4, 0.5) is 5.82 Å². The number of anilines is 1. The van der Waals surface area contributed by atoms with Crippen LogP contribution in [0.25, 0.3) is 6.08 Å². The Labute approximate surface area is 141 Å². The molecule has 126 valence electrons. The molecule has 1 aliphatic heterocycles. The van der Waals surface area contributed by atoms with Gasteiger partial charge in [-0.25, -0.2) is 4.98 Å². The van der Waals surface area contributed by atoms with Gasteiger partial charge in [0, 0.05) is 51.2 Å². The van der Waals surface area contributed by atoms with E-state index in [9.17, 15) is 4.79 Å². The monoisotopic (exact) mass is 326 g/mol. The summed E-state index contributed by atoms with van der Waals surface area (Å²) in [6.07, 6.45) is 7.79. The minimum Gasteiger partial charge on any atom is -0.485 e. The lowest BCUT2D eigenvalue weighted by Crippen LogP contribution is -2.29. The number of nitrogens with zero attached hydrogens (tertiary/aromatic N) is 3. The highest BCUT2D eigenvalue weighted by Gasteiger charge is 2.27. The van der Waals surface area contributed by atoms with Crippen molar-refractivity contribution in [2.45, 2.75) is 12.5 Å². The second-order valence-corrected chi connectivity index (χ2v) is 5.99. The molecule has 3 rings (SSSR count). The van der Waals surface area contributed by atoms with E-state index in [4.69, 9.17) is 4.74 Å². The largest absolute Gasteiger partial charge is 0.485 e. The van der Waals surface area contributed by atoms with Crippen molar-refractivity contribution < 1.29 is 9.53 Å². The standard InChI is InChI=1S/C18H22N4O2/c1-21(2)18-16(6-4-11-20-18)24-15-9-12-22(13-15)17(23)8-7-14-5-3-10-19-14/h3-8,10-11,15,19H,9,12-13H2,1-2H3/b8-7+. The number of carbonyl (C=O) groups is 1. The van der Waals surface area contributed by atoms with Gasteiger partial charge in [-0.1, -0.05) is 0 Å². The number of rotatable bonds is 5. The van der Waals surface area contributed by atoms with Crippen LogP contribution in [0.2, 0.25) is 0 Å². The summed E-state index contributed by atoms with van der Waals surface area (Å²) in [5.41, 5.74) is 0.918. The molecule has 1 unspecified atom stereocenters. The number of amides is 1. The van der Waals surface area contributed by atoms with Crippen LogP contribution < -0.4 is 9.64 Å². The summed E-state index contributed by atoms with van der Waals surface area (Å²) in [5, 5.41) is 0. The van der Waals surface area contributed by atoms with Gasteiger partial charge < -0.3 is 19.5 Å². The third-order valence-electron chi connectivity index (χ3n) is 3.95. The molecule has 2 aromatic heterocycles. The van der Waals surface area contributed by atoms with Crippen molar-refractivity contribution in [3.8, 4) is 5.75 Å². The van der Waals surface area contributed by atoms with Gasteiger partial charge >= 0.3 is 0 Å². The number of hydrogen-bond donors (Lipinski definition) is 1. The number of nitrogens with one attached hydrogen (secondary N) is 1. The Morgan fingerprint density at radius 2 is 2.29 bits per heavy atom. The lowest BCUT2D eigenvalue weighted by molar-refractivity contribution is -0.125. The second-order valence-electron chi connectivity index (χ2n) is 5.99. The average molecular weight is 326 g/mol. The van der Waals surface area contributed by atoms with E-state index < -0.39 is 0 Å². The molecule has 3 heterocycles. The quantitative estimate of drug-likeness (QED) is 0.856. The van der Waals surface area contributed by atoms with Crippen molar-refractivity contribution in [1.82, 2.24) is 14.9 Å². The number of likely N-dealkylation sites (tertiary alicyclic amines) is 1. The van der Waals surface area contributed by atoms with Crippen LogP contribution in [0.15, 0.2) is 42.7 Å². The van der Waals surface area contributed by atoms with E-state index in [1.807, 2.05) is 54.4 Å². The van der Waals surface area contributed by atoms with E-state index in [0.29, 0.717) is 13.1 Å². The van der Waals surface area contributed by atoms with Gasteiger partial charge in [-0.15, -0.1) is 0 Å². The third kappa shape index (κ3) is 3.76. The minimum absolute atomic E-state index is 0.00395. The predicted octanol–water partition coefficient (Wildman–Crippen LogP) is 2.17. The Morgan fingerprint density at radius 1 is 1.42 bits per heavy atom. The summed E-state index contributed by atoms with van der Waals surface area (Å²) in [4.78, 5) is 23.4. The number of H-pyrrole nitrogens is 1. The molecule has 2 aromatic rings. The first kappa shape index (κ1) is 16.1. The van der Waals surface area contributed by atoms with Crippen molar-refractivity contribution in [3.05, 3.63) is 48.4 Å². The molecule has 24 heavy (non-hydrogen) atoms. The van der Waals surface area contributed by atoms with Crippen LogP contribution in [0, 0.1) is 0 Å². The Bertz CT molecular complexity index is 710. The molecule has 1 amide bonds. The van der Waals surface area contributed by atoms with Gasteiger partial charge in [0.25, 0.3) is 0 Å². The molecule has 1 N–H and O–H groups in total. The minimum atomic E-state index is -0.00395. The summed E-state index contributed by atoms with van der Waals surface area (Å²) in [5.74, 6) is 1.56. The van der Waals surface area contributed by atoms with Crippen LogP contribution in [-0.4, -0.2) is 54.1 Å². The molecule has 6 nitrogen and oxygen atoms in total. The first-order valence-electron chi connectivity index (χ1n) is 8.03. The van der Waals surface area contributed by atoms with Crippen LogP contribution in [0.3, 0.4) is 0 Å². The maximum absolute atomic E-state index is 12.3. The smallest absolute Gasteiger partial charge is 0.246 e. The molecular weight excluding hydrogens is 304 g/mol. The molecule has 0 aliphatic carbocycles. The van der Waals surface area contributed by atoms with Crippen molar-refractivity contribution >= 4 is 17.8 Å². The van der Waals surface area contributed by atoms with E-state index in [2.05, 4.69) is 9.97 Å². The van der Waals surface area contributed by atoms with Crippen molar-refractivity contribution in [3.63, 3.8) is 0 Å². The summed E-state index contributed by atoms with van der Waals surface area (Å²) in [6, 6.07) is 7.60. The fourth-order valence-corrected chi connectivity index (χ4v) is 2.73. The molecule has 0 saturated carbocycles. The molecule has 0 spiro atoms. The fraction of sp³-hybridized carbons (Fsp3) is 0.333. The van der Waals surface area contributed by atoms with Crippen LogP contribution in [0.1, 0.15) is 12.1 Å². The first-order valence-corrected chi connectivity index (χ1v) is 8.03. The summed E-state index contributed by atoms with van der Waals surface area (Å²) < 4.78 is 6.07. The van der Waals surface area contributed by atoms with Crippen molar-refractivity contribution in [1.29, 1.82) is 0 Å². The zero-order valence-corrected chi connectivity index (χ0v) is 14.0. The van der Waals surface area contributed by atoms with E-state index in [-0.39, 0.29) is 12.0 Å². The lowest BCUT2D eigenvalue weighted by Gasteiger charge is -2.20. The Hall–Kier alpha value is -2.76. The number of hydrogen-bond acceptors (Lipinski definition) is 4. The van der Waals surface area contributed by atoms with Gasteiger partial charge in [0.1, 0.15) is 6.10 Å². The highest BCUT2D eigenvalue weighted by Crippen LogP contribution is 2.26. The number of carbonyl (C=O) groups excluding carboxylic acids is 1. The van der Waals surface area contributed by atoms with Crippen molar-refractivity contribution in [2.24, 2.45) is 0 Å². The molecule has 0 aromatic carbocycles. The van der Waals surface area contributed by atoms with Gasteiger partial charge in [0.05, 0.1) is 6.54 Å². The summed E-state index contributed by atoms with van der Waals surface area (Å²) in [7, 11) is 3.87. The van der Waals surface area contributed by atoms with Crippen LogP contribution >= 0.6 is 0 Å². The van der Waals surface area contributed by atoms with Crippen LogP contribution in [-0.2, 0) is 4.79 Å². The fourth-order valence-electron chi connectivity index (χ4n) is 2.73. The molecule has 1 aliphatic rings. The van der Waals surface area contributed by atoms with Gasteiger partial charge in [-0.3, -0.25) is 4.79 Å². The summed E-state index contributed by atoms with van der Waals surface area (Å²) in [6.45, 7) is 1.30. The van der Waals surface area contributed by atoms with E-state index in [1.54, 1.807) is 18.3 Å². The molecule has 1 atom stereocenters. The second kappa shape index (κ2) is 7.21. The Morgan fingerprint density at radius 3 is 3.04 bits per heavy atom. The Kier molecular flexibility index (Phi) is 4.84. The van der Waals surface area contributed by atoms with E-state index in [1.165, 1.54) is 0 Å². The molecule has 0 radical (unpaired) electrons. The normalized spacial score (nSPS) is 17.4. The summed E-state index contributed by atoms with van der Waals surface area (Å²) >= 11 is 0. The number of aromatic nitrogens is 2. The maximum Gasteiger partial charge on any atom is 0.246 e. The lowest BCUT2D eigenvalue weighted by atomic mass is 10.3. The van der Waals surface area contributed by atoms with Crippen molar-refractivity contribution in [2.75, 3.05) is 32.1 Å². The topological polar surface area (TPSA) is 61.5 Å². The zero-order chi connectivity index (χ0) is 16.9. The maximum atomic E-state index is 12.3. The Balaban J connectivity index is 1.59. The van der Waals surface area contributed by atoms with Gasteiger partial charge in [-0.05, 0) is 30.3 Å². The van der Waals surface area contributed by atoms with E-state index >= 15 is 0 Å². The van der Waals surface area contributed by atoms with Gasteiger partial charge in [0.2, 0.25) is 5.91 Å². The van der Waals surface area contributed by atoms with E-state index in [0.717, 1.165) is 23.7 Å². The van der Waals surface area contributed by atoms with Crippen LogP contribution in [0.5, 0.6) is 5.75 Å². The molecule has 1 fully saturated rings. The molecule has 1 saturated heterocycles. The molecule has 0 bridgehead atoms. The highest BCUT2D eigenvalue weighted by atomic mass is 16.5.